The number of amides is 1. The summed E-state index contributed by atoms with van der Waals surface area (Å²) in [5, 5.41) is 11.6. The molecule has 0 radical (unpaired) electrons. The summed E-state index contributed by atoms with van der Waals surface area (Å²) in [6.45, 7) is -0.316. The molecular weight excluding hydrogens is 385 g/mol. The van der Waals surface area contributed by atoms with Gasteiger partial charge in [0.15, 0.2) is 0 Å². The number of rotatable bonds is 5. The predicted octanol–water partition coefficient (Wildman–Crippen LogP) is 3.74. The van der Waals surface area contributed by atoms with Crippen molar-refractivity contribution in [2.45, 2.75) is 12.7 Å². The molecule has 0 aliphatic carbocycles. The Morgan fingerprint density at radius 1 is 1.18 bits per heavy atom. The third kappa shape index (κ3) is 5.29. The van der Waals surface area contributed by atoms with E-state index >= 15 is 0 Å². The molecule has 5 nitrogen and oxygen atoms in total. The Hall–Kier alpha value is -3.43. The first kappa shape index (κ1) is 20.9. The van der Waals surface area contributed by atoms with Crippen LogP contribution in [0.3, 0.4) is 0 Å². The number of allylic oxidation sites excluding steroid dienone is 1. The average molecular weight is 399 g/mol. The number of alkyl halides is 3. The molecule has 4 N–H and O–H groups in total. The number of phenols is 1. The monoisotopic (exact) mass is 399 g/mol. The Bertz CT molecular complexity index is 919. The van der Waals surface area contributed by atoms with Crippen molar-refractivity contribution in [2.24, 2.45) is 10.7 Å². The first-order valence-corrected chi connectivity index (χ1v) is 7.69. The number of phenolic OH excluding ortho intramolecular Hbond substituents is 1. The van der Waals surface area contributed by atoms with Crippen molar-refractivity contribution < 1.29 is 31.9 Å². The fourth-order valence-corrected chi connectivity index (χ4v) is 2.05. The van der Waals surface area contributed by atoms with Crippen LogP contribution in [0, 0.1) is 11.6 Å². The lowest BCUT2D eigenvalue weighted by Gasteiger charge is -2.09. The smallest absolute Gasteiger partial charge is 0.416 e. The van der Waals surface area contributed by atoms with E-state index < -0.39 is 40.7 Å². The van der Waals surface area contributed by atoms with Crippen LogP contribution in [0.4, 0.5) is 27.6 Å². The predicted molar refractivity (Wildman–Crippen MR) is 92.6 cm³/mol. The van der Waals surface area contributed by atoms with Gasteiger partial charge in [-0.2, -0.15) is 13.2 Å². The topological polar surface area (TPSA) is 87.7 Å². The van der Waals surface area contributed by atoms with E-state index in [0.29, 0.717) is 0 Å². The molecule has 2 aromatic carbocycles. The van der Waals surface area contributed by atoms with E-state index in [1.165, 1.54) is 0 Å². The number of carbonyl (C=O) groups is 1. The highest BCUT2D eigenvalue weighted by atomic mass is 19.4. The number of nitrogens with zero attached hydrogens (tertiary/aromatic N) is 1. The summed E-state index contributed by atoms with van der Waals surface area (Å²) in [5.74, 6) is -3.36. The highest BCUT2D eigenvalue weighted by molar-refractivity contribution is 6.05. The fourth-order valence-electron chi connectivity index (χ4n) is 2.05. The Morgan fingerprint density at radius 2 is 1.82 bits per heavy atom. The van der Waals surface area contributed by atoms with E-state index in [-0.39, 0.29) is 17.9 Å². The number of hydrogen-bond donors (Lipinski definition) is 3. The van der Waals surface area contributed by atoms with Gasteiger partial charge in [0, 0.05) is 11.8 Å². The van der Waals surface area contributed by atoms with Crippen molar-refractivity contribution >= 4 is 17.8 Å². The maximum absolute atomic E-state index is 13.5. The van der Waals surface area contributed by atoms with Crippen LogP contribution in [0.5, 0.6) is 5.75 Å². The van der Waals surface area contributed by atoms with E-state index in [1.54, 1.807) is 0 Å². The molecule has 148 valence electrons. The zero-order valence-electron chi connectivity index (χ0n) is 14.1. The Labute approximate surface area is 156 Å². The van der Waals surface area contributed by atoms with E-state index in [9.17, 15) is 31.9 Å². The molecule has 0 aliphatic rings. The van der Waals surface area contributed by atoms with E-state index in [0.717, 1.165) is 48.7 Å². The molecule has 0 heterocycles. The minimum Gasteiger partial charge on any atom is -0.508 e. The van der Waals surface area contributed by atoms with Gasteiger partial charge in [-0.3, -0.25) is 9.79 Å². The highest BCUT2D eigenvalue weighted by Crippen LogP contribution is 2.32. The molecule has 0 saturated carbocycles. The molecule has 1 amide bonds. The van der Waals surface area contributed by atoms with Crippen molar-refractivity contribution in [2.75, 3.05) is 5.32 Å². The number of benzene rings is 2. The van der Waals surface area contributed by atoms with Crippen molar-refractivity contribution in [3.05, 3.63) is 70.9 Å². The lowest BCUT2D eigenvalue weighted by Crippen LogP contribution is -2.21. The van der Waals surface area contributed by atoms with Gasteiger partial charge >= 0.3 is 6.18 Å². The van der Waals surface area contributed by atoms with Gasteiger partial charge in [-0.05, 0) is 36.4 Å². The van der Waals surface area contributed by atoms with Gasteiger partial charge in [-0.15, -0.1) is 0 Å². The molecule has 2 aromatic rings. The second-order valence-electron chi connectivity index (χ2n) is 5.50. The molecule has 28 heavy (non-hydrogen) atoms. The minimum atomic E-state index is -4.57. The number of aromatic hydroxyl groups is 1. The van der Waals surface area contributed by atoms with Gasteiger partial charge in [-0.25, -0.2) is 8.78 Å². The zero-order valence-corrected chi connectivity index (χ0v) is 14.1. The van der Waals surface area contributed by atoms with Gasteiger partial charge in [0.25, 0.3) is 5.91 Å². The largest absolute Gasteiger partial charge is 0.508 e. The summed E-state index contributed by atoms with van der Waals surface area (Å²) < 4.78 is 65.0. The summed E-state index contributed by atoms with van der Waals surface area (Å²) in [6, 6.07) is 5.38. The number of carbonyl (C=O) groups excluding carboxylic acids is 1. The average Bonchev–Trinajstić information content (AvgIpc) is 2.62. The van der Waals surface area contributed by atoms with Crippen LogP contribution in [-0.4, -0.2) is 17.2 Å². The van der Waals surface area contributed by atoms with Crippen LogP contribution >= 0.6 is 0 Å². The van der Waals surface area contributed by atoms with Gasteiger partial charge in [0.1, 0.15) is 23.1 Å². The number of aliphatic imine (C=N–C) groups is 1. The molecule has 0 spiro atoms. The van der Waals surface area contributed by atoms with Crippen LogP contribution in [0.2, 0.25) is 0 Å². The first-order valence-electron chi connectivity index (χ1n) is 7.69. The number of nitrogens with one attached hydrogen (secondary N) is 1. The Morgan fingerprint density at radius 3 is 2.43 bits per heavy atom. The van der Waals surface area contributed by atoms with Crippen molar-refractivity contribution in [3.63, 3.8) is 0 Å². The number of anilines is 1. The third-order valence-electron chi connectivity index (χ3n) is 3.49. The summed E-state index contributed by atoms with van der Waals surface area (Å²) >= 11 is 0. The quantitative estimate of drug-likeness (QED) is 0.407. The first-order chi connectivity index (χ1) is 13.1. The molecule has 0 bridgehead atoms. The molecule has 0 fully saturated rings. The normalized spacial score (nSPS) is 12.4. The van der Waals surface area contributed by atoms with Crippen molar-refractivity contribution in [1.29, 1.82) is 0 Å². The van der Waals surface area contributed by atoms with Crippen LogP contribution in [0.15, 0.2) is 53.2 Å². The van der Waals surface area contributed by atoms with Crippen LogP contribution < -0.4 is 11.1 Å². The molecule has 0 aromatic heterocycles. The molecule has 0 atom stereocenters. The van der Waals surface area contributed by atoms with Crippen molar-refractivity contribution in [3.8, 4) is 5.75 Å². The van der Waals surface area contributed by atoms with E-state index in [4.69, 9.17) is 5.73 Å². The minimum absolute atomic E-state index is 0.0871. The molecule has 0 aliphatic heterocycles. The number of hydrogen-bond acceptors (Lipinski definition) is 4. The Kier molecular flexibility index (Phi) is 6.34. The summed E-state index contributed by atoms with van der Waals surface area (Å²) in [6.07, 6.45) is -2.55. The van der Waals surface area contributed by atoms with Gasteiger partial charge in [-0.1, -0.05) is 6.07 Å². The number of para-hydroxylation sites is 1. The molecule has 10 heteroatoms. The van der Waals surface area contributed by atoms with Gasteiger partial charge < -0.3 is 16.2 Å². The lowest BCUT2D eigenvalue weighted by molar-refractivity contribution is -0.137. The van der Waals surface area contributed by atoms with Gasteiger partial charge in [0.2, 0.25) is 0 Å². The highest BCUT2D eigenvalue weighted by Gasteiger charge is 2.30. The summed E-state index contributed by atoms with van der Waals surface area (Å²) in [4.78, 5) is 15.6. The Balaban J connectivity index is 2.05. The standard InChI is InChI=1S/C18H14F5N3O2/c19-12-2-1-3-13(20)16(12)26-17(28)14(24)6-7-25-9-10-8-11(18(21,22)23)4-5-15(10)27/h1-8,27H,9,24H2,(H,26,28). The van der Waals surface area contributed by atoms with Crippen LogP contribution in [-0.2, 0) is 17.5 Å². The second kappa shape index (κ2) is 8.51. The van der Waals surface area contributed by atoms with E-state index in [2.05, 4.69) is 4.99 Å². The van der Waals surface area contributed by atoms with Crippen LogP contribution in [0.25, 0.3) is 0 Å². The number of halogens is 5. The summed E-state index contributed by atoms with van der Waals surface area (Å²) in [7, 11) is 0. The number of nitrogens with two attached hydrogens (primary N) is 1. The van der Waals surface area contributed by atoms with Gasteiger partial charge in [0.05, 0.1) is 17.8 Å². The fraction of sp³-hybridized carbons (Fsp3) is 0.111. The second-order valence-corrected chi connectivity index (χ2v) is 5.50. The zero-order chi connectivity index (χ0) is 20.9. The maximum Gasteiger partial charge on any atom is 0.416 e. The molecule has 0 saturated heterocycles. The molecule has 2 rings (SSSR count). The van der Waals surface area contributed by atoms with E-state index in [1.807, 2.05) is 5.32 Å². The third-order valence-corrected chi connectivity index (χ3v) is 3.49. The summed E-state index contributed by atoms with van der Waals surface area (Å²) in [5.41, 5.74) is 3.32. The molecule has 0 unspecified atom stereocenters. The SMILES string of the molecule is NC(=CC=NCc1cc(C(F)(F)F)ccc1O)C(=O)Nc1c(F)cccc1F. The van der Waals surface area contributed by atoms with Crippen LogP contribution in [0.1, 0.15) is 11.1 Å². The maximum atomic E-state index is 13.5. The van der Waals surface area contributed by atoms with Crippen molar-refractivity contribution in [1.82, 2.24) is 0 Å². The lowest BCUT2D eigenvalue weighted by atomic mass is 10.1. The molecular formula is C18H14F5N3O2.